The molecule has 1 aromatic heterocycles. The zero-order valence-electron chi connectivity index (χ0n) is 12.3. The van der Waals surface area contributed by atoms with Crippen molar-refractivity contribution < 1.29 is 9.84 Å². The van der Waals surface area contributed by atoms with E-state index in [1.807, 2.05) is 38.1 Å². The van der Waals surface area contributed by atoms with Crippen molar-refractivity contribution in [3.05, 3.63) is 52.2 Å². The van der Waals surface area contributed by atoms with Crippen LogP contribution in [0.2, 0.25) is 0 Å². The summed E-state index contributed by atoms with van der Waals surface area (Å²) >= 11 is 0. The van der Waals surface area contributed by atoms with Crippen LogP contribution < -0.4 is 10.3 Å². The van der Waals surface area contributed by atoms with Gasteiger partial charge in [0.2, 0.25) is 5.75 Å². The quantitative estimate of drug-likeness (QED) is 0.934. The lowest BCUT2D eigenvalue weighted by Crippen LogP contribution is -2.21. The van der Waals surface area contributed by atoms with Crippen LogP contribution in [0.4, 0.5) is 0 Å². The maximum absolute atomic E-state index is 11.8. The molecular formula is C15H20N2O3. The van der Waals surface area contributed by atoms with Crippen molar-refractivity contribution in [2.75, 3.05) is 7.11 Å². The molecule has 2 rings (SSSR count). The molecule has 1 aromatic carbocycles. The third kappa shape index (κ3) is 3.60. The van der Waals surface area contributed by atoms with E-state index < -0.39 is 5.56 Å². The van der Waals surface area contributed by atoms with Crippen molar-refractivity contribution in [1.82, 2.24) is 9.55 Å². The van der Waals surface area contributed by atoms with Gasteiger partial charge in [0.05, 0.1) is 25.7 Å². The highest BCUT2D eigenvalue weighted by molar-refractivity contribution is 5.28. The molecule has 2 aromatic rings. The number of nitrogens with zero attached hydrogens (tertiary/aromatic N) is 2. The largest absolute Gasteiger partial charge is 0.502 e. The van der Waals surface area contributed by atoms with E-state index in [9.17, 15) is 9.90 Å². The fourth-order valence-corrected chi connectivity index (χ4v) is 1.60. The van der Waals surface area contributed by atoms with Gasteiger partial charge in [-0.25, -0.2) is 4.98 Å². The fraction of sp³-hybridized carbons (Fsp3) is 0.333. The van der Waals surface area contributed by atoms with Gasteiger partial charge >= 0.3 is 0 Å². The Kier molecular flexibility index (Phi) is 5.77. The van der Waals surface area contributed by atoms with E-state index in [1.165, 1.54) is 10.9 Å². The first-order valence-corrected chi connectivity index (χ1v) is 6.49. The van der Waals surface area contributed by atoms with E-state index in [4.69, 9.17) is 4.74 Å². The summed E-state index contributed by atoms with van der Waals surface area (Å²) in [4.78, 5) is 15.7. The minimum Gasteiger partial charge on any atom is -0.502 e. The van der Waals surface area contributed by atoms with Gasteiger partial charge in [-0.15, -0.1) is 0 Å². The molecule has 5 heteroatoms. The van der Waals surface area contributed by atoms with Crippen LogP contribution in [-0.4, -0.2) is 21.8 Å². The summed E-state index contributed by atoms with van der Waals surface area (Å²) in [5.41, 5.74) is 0.840. The van der Waals surface area contributed by atoms with Gasteiger partial charge in [-0.2, -0.15) is 0 Å². The summed E-state index contributed by atoms with van der Waals surface area (Å²) in [5.74, 6) is 0.460. The standard InChI is InChI=1S/C13H14N2O3.C2H6/c1-9-12(16)13(17)15(8-14-9)7-10-3-5-11(18-2)6-4-10;1-2/h3-6,8,16H,7H2,1-2H3;1-2H3. The van der Waals surface area contributed by atoms with E-state index in [2.05, 4.69) is 4.98 Å². The molecule has 108 valence electrons. The van der Waals surface area contributed by atoms with E-state index in [0.717, 1.165) is 11.3 Å². The number of ether oxygens (including phenoxy) is 1. The van der Waals surface area contributed by atoms with Crippen molar-refractivity contribution in [1.29, 1.82) is 0 Å². The molecular weight excluding hydrogens is 256 g/mol. The number of methoxy groups -OCH3 is 1. The third-order valence-corrected chi connectivity index (χ3v) is 2.71. The van der Waals surface area contributed by atoms with Crippen LogP contribution in [0.3, 0.4) is 0 Å². The fourth-order valence-electron chi connectivity index (χ4n) is 1.60. The lowest BCUT2D eigenvalue weighted by molar-refractivity contribution is 0.414. The van der Waals surface area contributed by atoms with Gasteiger partial charge in [0.25, 0.3) is 5.56 Å². The molecule has 5 nitrogen and oxygen atoms in total. The molecule has 0 amide bonds. The van der Waals surface area contributed by atoms with Crippen molar-refractivity contribution in [2.24, 2.45) is 0 Å². The van der Waals surface area contributed by atoms with Crippen molar-refractivity contribution >= 4 is 0 Å². The second kappa shape index (κ2) is 7.33. The second-order valence-electron chi connectivity index (χ2n) is 3.96. The first-order chi connectivity index (χ1) is 9.61. The Morgan fingerprint density at radius 1 is 1.25 bits per heavy atom. The third-order valence-electron chi connectivity index (χ3n) is 2.71. The van der Waals surface area contributed by atoms with Crippen LogP contribution >= 0.6 is 0 Å². The number of hydrogen-bond donors (Lipinski definition) is 1. The number of hydrogen-bond acceptors (Lipinski definition) is 4. The second-order valence-corrected chi connectivity index (χ2v) is 3.96. The van der Waals surface area contributed by atoms with Gasteiger partial charge in [-0.05, 0) is 24.6 Å². The number of aryl methyl sites for hydroxylation is 1. The Bertz CT molecular complexity index is 604. The molecule has 0 saturated carbocycles. The summed E-state index contributed by atoms with van der Waals surface area (Å²) in [7, 11) is 1.60. The summed E-state index contributed by atoms with van der Waals surface area (Å²) < 4.78 is 6.42. The van der Waals surface area contributed by atoms with E-state index in [0.29, 0.717) is 12.2 Å². The van der Waals surface area contributed by atoms with E-state index in [1.54, 1.807) is 14.0 Å². The Hall–Kier alpha value is -2.30. The molecule has 0 unspecified atom stereocenters. The van der Waals surface area contributed by atoms with Crippen molar-refractivity contribution in [3.8, 4) is 11.5 Å². The Morgan fingerprint density at radius 3 is 2.40 bits per heavy atom. The Morgan fingerprint density at radius 2 is 1.85 bits per heavy atom. The zero-order valence-corrected chi connectivity index (χ0v) is 12.3. The SMILES string of the molecule is CC.COc1ccc(Cn2cnc(C)c(O)c2=O)cc1. The lowest BCUT2D eigenvalue weighted by atomic mass is 10.2. The summed E-state index contributed by atoms with van der Waals surface area (Å²) in [6, 6.07) is 7.37. The zero-order chi connectivity index (χ0) is 15.1. The van der Waals surface area contributed by atoms with Gasteiger partial charge in [0.15, 0.2) is 0 Å². The molecule has 0 fully saturated rings. The minimum absolute atomic E-state index is 0.300. The maximum Gasteiger partial charge on any atom is 0.296 e. The number of aromatic nitrogens is 2. The predicted octanol–water partition coefficient (Wildman–Crippen LogP) is 2.34. The summed E-state index contributed by atoms with van der Waals surface area (Å²) in [5, 5.41) is 9.53. The molecule has 0 aliphatic rings. The van der Waals surface area contributed by atoms with Crippen LogP contribution in [-0.2, 0) is 6.54 Å². The molecule has 1 N–H and O–H groups in total. The number of benzene rings is 1. The highest BCUT2D eigenvalue weighted by Crippen LogP contribution is 2.12. The molecule has 0 spiro atoms. The Labute approximate surface area is 118 Å². The lowest BCUT2D eigenvalue weighted by Gasteiger charge is -2.07. The van der Waals surface area contributed by atoms with Crippen LogP contribution in [0.5, 0.6) is 11.5 Å². The van der Waals surface area contributed by atoms with Crippen LogP contribution in [0.15, 0.2) is 35.4 Å². The predicted molar refractivity (Wildman–Crippen MR) is 78.3 cm³/mol. The number of rotatable bonds is 3. The molecule has 0 radical (unpaired) electrons. The van der Waals surface area contributed by atoms with Crippen molar-refractivity contribution in [2.45, 2.75) is 27.3 Å². The molecule has 0 aliphatic heterocycles. The number of aromatic hydroxyl groups is 1. The van der Waals surface area contributed by atoms with Gasteiger partial charge in [0, 0.05) is 0 Å². The topological polar surface area (TPSA) is 64.3 Å². The van der Waals surface area contributed by atoms with E-state index >= 15 is 0 Å². The minimum atomic E-state index is -0.432. The highest BCUT2D eigenvalue weighted by atomic mass is 16.5. The van der Waals surface area contributed by atoms with Gasteiger partial charge in [-0.3, -0.25) is 9.36 Å². The normalized spacial score (nSPS) is 9.60. The monoisotopic (exact) mass is 276 g/mol. The van der Waals surface area contributed by atoms with Crippen LogP contribution in [0.25, 0.3) is 0 Å². The average molecular weight is 276 g/mol. The summed E-state index contributed by atoms with van der Waals surface area (Å²) in [6.07, 6.45) is 1.43. The Balaban J connectivity index is 0.000000956. The first-order valence-electron chi connectivity index (χ1n) is 6.49. The molecule has 20 heavy (non-hydrogen) atoms. The smallest absolute Gasteiger partial charge is 0.296 e. The van der Waals surface area contributed by atoms with Gasteiger partial charge in [0.1, 0.15) is 5.75 Å². The summed E-state index contributed by atoms with van der Waals surface area (Å²) in [6.45, 7) is 5.96. The average Bonchev–Trinajstić information content (AvgIpc) is 2.50. The molecule has 1 heterocycles. The van der Waals surface area contributed by atoms with E-state index in [-0.39, 0.29) is 5.75 Å². The van der Waals surface area contributed by atoms with Gasteiger partial charge < -0.3 is 9.84 Å². The molecule has 0 aliphatic carbocycles. The maximum atomic E-state index is 11.8. The van der Waals surface area contributed by atoms with Gasteiger partial charge in [-0.1, -0.05) is 26.0 Å². The molecule has 0 bridgehead atoms. The van der Waals surface area contributed by atoms with Crippen LogP contribution in [0.1, 0.15) is 25.1 Å². The molecule has 0 atom stereocenters. The first kappa shape index (κ1) is 15.8. The van der Waals surface area contributed by atoms with Crippen LogP contribution in [0, 0.1) is 6.92 Å². The molecule has 0 saturated heterocycles. The van der Waals surface area contributed by atoms with Crippen molar-refractivity contribution in [3.63, 3.8) is 0 Å². The highest BCUT2D eigenvalue weighted by Gasteiger charge is 2.06.